The van der Waals surface area contributed by atoms with Crippen LogP contribution in [0, 0.1) is 5.92 Å². The largest absolute Gasteiger partial charge is 0.492 e. The maximum Gasteiger partial charge on any atom is 0.120 e. The molecule has 0 amide bonds. The van der Waals surface area contributed by atoms with Crippen molar-refractivity contribution in [1.82, 2.24) is 5.32 Å². The highest BCUT2D eigenvalue weighted by atomic mass is 79.9. The zero-order valence-corrected chi connectivity index (χ0v) is 11.7. The molecule has 0 spiro atoms. The topological polar surface area (TPSA) is 21.3 Å². The highest BCUT2D eigenvalue weighted by Gasteiger charge is 1.98. The lowest BCUT2D eigenvalue weighted by molar-refractivity contribution is 0.311. The molecule has 0 radical (unpaired) electrons. The lowest BCUT2D eigenvalue weighted by Crippen LogP contribution is -2.26. The summed E-state index contributed by atoms with van der Waals surface area (Å²) in [4.78, 5) is 0. The van der Waals surface area contributed by atoms with Gasteiger partial charge in [0, 0.05) is 16.9 Å². The Morgan fingerprint density at radius 1 is 1.50 bits per heavy atom. The lowest BCUT2D eigenvalue weighted by Gasteiger charge is -2.10. The van der Waals surface area contributed by atoms with Gasteiger partial charge >= 0.3 is 0 Å². The third-order valence-electron chi connectivity index (χ3n) is 2.10. The van der Waals surface area contributed by atoms with E-state index in [0.29, 0.717) is 18.4 Å². The summed E-state index contributed by atoms with van der Waals surface area (Å²) in [5.74, 6) is 2.09. The average Bonchev–Trinajstić information content (AvgIpc) is 2.28. The SMILES string of the molecule is CC(CCl)CNCCOc1cccc(Br)c1. The Kier molecular flexibility index (Phi) is 6.85. The number of hydrogen-bond donors (Lipinski definition) is 1. The van der Waals surface area contributed by atoms with Crippen LogP contribution in [0.3, 0.4) is 0 Å². The van der Waals surface area contributed by atoms with Crippen molar-refractivity contribution in [3.8, 4) is 5.75 Å². The van der Waals surface area contributed by atoms with Gasteiger partial charge in [-0.3, -0.25) is 0 Å². The highest BCUT2D eigenvalue weighted by molar-refractivity contribution is 9.10. The second-order valence-electron chi connectivity index (χ2n) is 3.77. The van der Waals surface area contributed by atoms with Crippen LogP contribution < -0.4 is 10.1 Å². The van der Waals surface area contributed by atoms with Crippen LogP contribution in [-0.4, -0.2) is 25.6 Å². The van der Waals surface area contributed by atoms with Crippen molar-refractivity contribution >= 4 is 27.5 Å². The number of rotatable bonds is 7. The van der Waals surface area contributed by atoms with Crippen LogP contribution in [0.15, 0.2) is 28.7 Å². The molecule has 4 heteroatoms. The summed E-state index contributed by atoms with van der Waals surface area (Å²) in [5, 5.41) is 3.30. The number of ether oxygens (including phenoxy) is 1. The second kappa shape index (κ2) is 7.93. The molecular weight excluding hydrogens is 289 g/mol. The van der Waals surface area contributed by atoms with Gasteiger partial charge in [-0.1, -0.05) is 28.9 Å². The first-order valence-corrected chi connectivity index (χ1v) is 6.70. The smallest absolute Gasteiger partial charge is 0.120 e. The fourth-order valence-electron chi connectivity index (χ4n) is 1.20. The summed E-state index contributed by atoms with van der Waals surface area (Å²) < 4.78 is 6.61. The minimum atomic E-state index is 0.507. The molecule has 0 fully saturated rings. The maximum absolute atomic E-state index is 5.70. The molecule has 1 aromatic rings. The van der Waals surface area contributed by atoms with Gasteiger partial charge < -0.3 is 10.1 Å². The number of nitrogens with one attached hydrogen (secondary N) is 1. The van der Waals surface area contributed by atoms with Crippen LogP contribution in [-0.2, 0) is 0 Å². The fourth-order valence-corrected chi connectivity index (χ4v) is 1.69. The summed E-state index contributed by atoms with van der Waals surface area (Å²) in [6.07, 6.45) is 0. The van der Waals surface area contributed by atoms with Crippen molar-refractivity contribution in [2.75, 3.05) is 25.6 Å². The molecule has 0 heterocycles. The average molecular weight is 307 g/mol. The molecule has 1 rings (SSSR count). The Labute approximate surface area is 110 Å². The van der Waals surface area contributed by atoms with Crippen LogP contribution >= 0.6 is 27.5 Å². The van der Waals surface area contributed by atoms with Gasteiger partial charge in [0.05, 0.1) is 0 Å². The van der Waals surface area contributed by atoms with Crippen molar-refractivity contribution in [3.05, 3.63) is 28.7 Å². The molecule has 16 heavy (non-hydrogen) atoms. The Hall–Kier alpha value is -0.250. The molecule has 1 atom stereocenters. The van der Waals surface area contributed by atoms with Crippen molar-refractivity contribution in [2.24, 2.45) is 5.92 Å². The van der Waals surface area contributed by atoms with E-state index >= 15 is 0 Å². The minimum absolute atomic E-state index is 0.507. The van der Waals surface area contributed by atoms with E-state index in [2.05, 4.69) is 28.2 Å². The van der Waals surface area contributed by atoms with Gasteiger partial charge in [0.1, 0.15) is 12.4 Å². The molecule has 0 saturated carbocycles. The molecule has 0 aliphatic heterocycles. The summed E-state index contributed by atoms with van der Waals surface area (Å²) in [6.45, 7) is 4.57. The molecule has 1 N–H and O–H groups in total. The molecular formula is C12H17BrClNO. The number of halogens is 2. The van der Waals surface area contributed by atoms with E-state index in [9.17, 15) is 0 Å². The van der Waals surface area contributed by atoms with Crippen LogP contribution in [0.4, 0.5) is 0 Å². The van der Waals surface area contributed by atoms with Gasteiger partial charge in [-0.25, -0.2) is 0 Å². The first-order valence-electron chi connectivity index (χ1n) is 5.37. The standard InChI is InChI=1S/C12H17BrClNO/c1-10(8-14)9-15-5-6-16-12-4-2-3-11(13)7-12/h2-4,7,10,15H,5-6,8-9H2,1H3. The quantitative estimate of drug-likeness (QED) is 0.616. The van der Waals surface area contributed by atoms with E-state index in [1.807, 2.05) is 24.3 Å². The van der Waals surface area contributed by atoms with E-state index in [0.717, 1.165) is 23.3 Å². The van der Waals surface area contributed by atoms with E-state index in [-0.39, 0.29) is 0 Å². The minimum Gasteiger partial charge on any atom is -0.492 e. The van der Waals surface area contributed by atoms with Gasteiger partial charge in [0.25, 0.3) is 0 Å². The molecule has 0 aliphatic rings. The first kappa shape index (κ1) is 13.8. The van der Waals surface area contributed by atoms with Gasteiger partial charge in [-0.05, 0) is 30.7 Å². The second-order valence-corrected chi connectivity index (χ2v) is 4.99. The predicted molar refractivity (Wildman–Crippen MR) is 72.4 cm³/mol. The van der Waals surface area contributed by atoms with Crippen LogP contribution in [0.5, 0.6) is 5.75 Å². The summed E-state index contributed by atoms with van der Waals surface area (Å²) in [7, 11) is 0. The number of benzene rings is 1. The zero-order valence-electron chi connectivity index (χ0n) is 9.38. The lowest BCUT2D eigenvalue weighted by atomic mass is 10.2. The van der Waals surface area contributed by atoms with Gasteiger partial charge in [0.15, 0.2) is 0 Å². The predicted octanol–water partition coefficient (Wildman–Crippen LogP) is 3.29. The Balaban J connectivity index is 2.12. The van der Waals surface area contributed by atoms with Crippen molar-refractivity contribution in [2.45, 2.75) is 6.92 Å². The molecule has 2 nitrogen and oxygen atoms in total. The third kappa shape index (κ3) is 5.73. The van der Waals surface area contributed by atoms with Gasteiger partial charge in [-0.15, -0.1) is 11.6 Å². The maximum atomic E-state index is 5.70. The Bertz CT molecular complexity index is 309. The molecule has 0 bridgehead atoms. The van der Waals surface area contributed by atoms with Crippen molar-refractivity contribution in [3.63, 3.8) is 0 Å². The monoisotopic (exact) mass is 305 g/mol. The molecule has 1 aromatic carbocycles. The van der Waals surface area contributed by atoms with Crippen molar-refractivity contribution < 1.29 is 4.74 Å². The molecule has 90 valence electrons. The third-order valence-corrected chi connectivity index (χ3v) is 3.12. The van der Waals surface area contributed by atoms with Crippen LogP contribution in [0.25, 0.3) is 0 Å². The fraction of sp³-hybridized carbons (Fsp3) is 0.500. The van der Waals surface area contributed by atoms with Gasteiger partial charge in [0.2, 0.25) is 0 Å². The molecule has 0 saturated heterocycles. The van der Waals surface area contributed by atoms with Crippen LogP contribution in [0.2, 0.25) is 0 Å². The number of hydrogen-bond acceptors (Lipinski definition) is 2. The normalized spacial score (nSPS) is 12.4. The molecule has 0 aromatic heterocycles. The molecule has 0 aliphatic carbocycles. The Morgan fingerprint density at radius 3 is 3.00 bits per heavy atom. The van der Waals surface area contributed by atoms with E-state index < -0.39 is 0 Å². The van der Waals surface area contributed by atoms with Gasteiger partial charge in [-0.2, -0.15) is 0 Å². The number of alkyl halides is 1. The van der Waals surface area contributed by atoms with Crippen LogP contribution in [0.1, 0.15) is 6.92 Å². The van der Waals surface area contributed by atoms with E-state index in [1.165, 1.54) is 0 Å². The van der Waals surface area contributed by atoms with Crippen molar-refractivity contribution in [1.29, 1.82) is 0 Å². The van der Waals surface area contributed by atoms with E-state index in [1.54, 1.807) is 0 Å². The zero-order chi connectivity index (χ0) is 11.8. The van der Waals surface area contributed by atoms with E-state index in [4.69, 9.17) is 16.3 Å². The summed E-state index contributed by atoms with van der Waals surface area (Å²) in [6, 6.07) is 7.85. The summed E-state index contributed by atoms with van der Waals surface area (Å²) in [5.41, 5.74) is 0. The molecule has 1 unspecified atom stereocenters. The summed E-state index contributed by atoms with van der Waals surface area (Å²) >= 11 is 9.10. The first-order chi connectivity index (χ1) is 7.72. The Morgan fingerprint density at radius 2 is 2.31 bits per heavy atom. The highest BCUT2D eigenvalue weighted by Crippen LogP contribution is 2.17.